The average molecular weight is 332 g/mol. The molecule has 2 aromatic carbocycles. The number of ketones is 1. The minimum atomic E-state index is -0.135. The SMILES string of the molecule is COc1ccc(C(=O)/C=C/Nc2ccc(Cl)c(C)c2)cc1OC. The molecule has 2 rings (SSSR count). The standard InChI is InChI=1S/C18H18ClNO3/c1-12-10-14(5-6-15(12)19)20-9-8-16(21)13-4-7-17(22-2)18(11-13)23-3/h4-11,20H,1-3H3/b9-8+. The van der Waals surface area contributed by atoms with Gasteiger partial charge in [-0.15, -0.1) is 0 Å². The van der Waals surface area contributed by atoms with Crippen LogP contribution in [0.5, 0.6) is 11.5 Å². The van der Waals surface area contributed by atoms with Crippen LogP contribution in [0.15, 0.2) is 48.7 Å². The molecule has 0 amide bonds. The molecule has 0 saturated heterocycles. The average Bonchev–Trinajstić information content (AvgIpc) is 2.57. The number of allylic oxidation sites excluding steroid dienone is 1. The molecule has 1 N–H and O–H groups in total. The van der Waals surface area contributed by atoms with E-state index in [1.54, 1.807) is 31.5 Å². The number of rotatable bonds is 6. The number of halogens is 1. The Balaban J connectivity index is 2.07. The summed E-state index contributed by atoms with van der Waals surface area (Å²) < 4.78 is 10.3. The maximum atomic E-state index is 12.2. The molecule has 0 aliphatic rings. The topological polar surface area (TPSA) is 47.6 Å². The Morgan fingerprint density at radius 2 is 1.83 bits per heavy atom. The summed E-state index contributed by atoms with van der Waals surface area (Å²) in [4.78, 5) is 12.2. The summed E-state index contributed by atoms with van der Waals surface area (Å²) in [5, 5.41) is 3.76. The van der Waals surface area contributed by atoms with Crippen LogP contribution in [0.3, 0.4) is 0 Å². The lowest BCUT2D eigenvalue weighted by Crippen LogP contribution is -1.98. The molecule has 0 spiro atoms. The minimum Gasteiger partial charge on any atom is -0.493 e. The minimum absolute atomic E-state index is 0.135. The quantitative estimate of drug-likeness (QED) is 0.626. The molecule has 0 saturated carbocycles. The number of hydrogen-bond donors (Lipinski definition) is 1. The zero-order valence-corrected chi connectivity index (χ0v) is 14.0. The van der Waals surface area contributed by atoms with E-state index < -0.39 is 0 Å². The van der Waals surface area contributed by atoms with Gasteiger partial charge in [0.15, 0.2) is 17.3 Å². The molecule has 23 heavy (non-hydrogen) atoms. The number of carbonyl (C=O) groups is 1. The first-order valence-electron chi connectivity index (χ1n) is 7.00. The van der Waals surface area contributed by atoms with Gasteiger partial charge in [-0.1, -0.05) is 11.6 Å². The first-order valence-corrected chi connectivity index (χ1v) is 7.38. The molecule has 0 aliphatic carbocycles. The molecule has 120 valence electrons. The molecule has 0 fully saturated rings. The smallest absolute Gasteiger partial charge is 0.187 e. The van der Waals surface area contributed by atoms with E-state index >= 15 is 0 Å². The molecule has 5 heteroatoms. The normalized spacial score (nSPS) is 10.6. The molecular weight excluding hydrogens is 314 g/mol. The van der Waals surface area contributed by atoms with E-state index in [-0.39, 0.29) is 5.78 Å². The van der Waals surface area contributed by atoms with Gasteiger partial charge in [-0.3, -0.25) is 4.79 Å². The highest BCUT2D eigenvalue weighted by molar-refractivity contribution is 6.31. The Kier molecular flexibility index (Phi) is 5.66. The first kappa shape index (κ1) is 16.9. The summed E-state index contributed by atoms with van der Waals surface area (Å²) in [6.45, 7) is 1.92. The third-order valence-electron chi connectivity index (χ3n) is 3.31. The maximum absolute atomic E-state index is 12.2. The second-order valence-electron chi connectivity index (χ2n) is 4.88. The fraction of sp³-hybridized carbons (Fsp3) is 0.167. The van der Waals surface area contributed by atoms with Crippen molar-refractivity contribution < 1.29 is 14.3 Å². The number of nitrogens with one attached hydrogen (secondary N) is 1. The van der Waals surface area contributed by atoms with Crippen molar-refractivity contribution in [3.05, 3.63) is 64.8 Å². The Morgan fingerprint density at radius 3 is 2.48 bits per heavy atom. The maximum Gasteiger partial charge on any atom is 0.187 e. The van der Waals surface area contributed by atoms with Gasteiger partial charge in [0, 0.05) is 28.5 Å². The van der Waals surface area contributed by atoms with Gasteiger partial charge < -0.3 is 14.8 Å². The first-order chi connectivity index (χ1) is 11.0. The number of ether oxygens (including phenoxy) is 2. The van der Waals surface area contributed by atoms with Crippen molar-refractivity contribution in [2.24, 2.45) is 0 Å². The summed E-state index contributed by atoms with van der Waals surface area (Å²) in [6.07, 6.45) is 3.06. The highest BCUT2D eigenvalue weighted by Crippen LogP contribution is 2.27. The van der Waals surface area contributed by atoms with Gasteiger partial charge in [0.1, 0.15) is 0 Å². The Morgan fingerprint density at radius 1 is 1.09 bits per heavy atom. The van der Waals surface area contributed by atoms with Crippen molar-refractivity contribution in [3.63, 3.8) is 0 Å². The van der Waals surface area contributed by atoms with E-state index in [1.165, 1.54) is 13.2 Å². The Hall–Kier alpha value is -2.46. The van der Waals surface area contributed by atoms with Crippen LogP contribution in [-0.2, 0) is 0 Å². The van der Waals surface area contributed by atoms with Crippen molar-refractivity contribution in [1.29, 1.82) is 0 Å². The van der Waals surface area contributed by atoms with Crippen molar-refractivity contribution in [2.45, 2.75) is 6.92 Å². The van der Waals surface area contributed by atoms with Gasteiger partial charge in [-0.25, -0.2) is 0 Å². The Bertz CT molecular complexity index is 741. The second kappa shape index (κ2) is 7.70. The van der Waals surface area contributed by atoms with E-state index in [2.05, 4.69) is 5.32 Å². The van der Waals surface area contributed by atoms with Crippen LogP contribution in [0.2, 0.25) is 5.02 Å². The number of methoxy groups -OCH3 is 2. The van der Waals surface area contributed by atoms with E-state index in [9.17, 15) is 4.79 Å². The van der Waals surface area contributed by atoms with Crippen molar-refractivity contribution in [3.8, 4) is 11.5 Å². The van der Waals surface area contributed by atoms with E-state index in [4.69, 9.17) is 21.1 Å². The van der Waals surface area contributed by atoms with Crippen LogP contribution in [0, 0.1) is 6.92 Å². The third-order valence-corrected chi connectivity index (χ3v) is 3.73. The zero-order valence-electron chi connectivity index (χ0n) is 13.2. The molecule has 0 unspecified atom stereocenters. The summed E-state index contributed by atoms with van der Waals surface area (Å²) in [6, 6.07) is 10.6. The molecule has 2 aromatic rings. The second-order valence-corrected chi connectivity index (χ2v) is 5.28. The number of carbonyl (C=O) groups excluding carboxylic acids is 1. The lowest BCUT2D eigenvalue weighted by Gasteiger charge is -2.08. The van der Waals surface area contributed by atoms with Crippen LogP contribution >= 0.6 is 11.6 Å². The van der Waals surface area contributed by atoms with Gasteiger partial charge in [0.2, 0.25) is 0 Å². The molecule has 0 aromatic heterocycles. The zero-order chi connectivity index (χ0) is 16.8. The van der Waals surface area contributed by atoms with Gasteiger partial charge in [0.25, 0.3) is 0 Å². The van der Waals surface area contributed by atoms with Crippen LogP contribution < -0.4 is 14.8 Å². The lowest BCUT2D eigenvalue weighted by molar-refractivity contribution is 0.104. The van der Waals surface area contributed by atoms with Crippen LogP contribution in [0.4, 0.5) is 5.69 Å². The third kappa shape index (κ3) is 4.27. The molecule has 0 atom stereocenters. The molecule has 4 nitrogen and oxygen atoms in total. The number of aryl methyl sites for hydroxylation is 1. The van der Waals surface area contributed by atoms with Crippen LogP contribution in [0.25, 0.3) is 0 Å². The van der Waals surface area contributed by atoms with Gasteiger partial charge in [-0.05, 0) is 48.9 Å². The summed E-state index contributed by atoms with van der Waals surface area (Å²) in [5.74, 6) is 0.972. The fourth-order valence-corrected chi connectivity index (χ4v) is 2.15. The monoisotopic (exact) mass is 331 g/mol. The van der Waals surface area contributed by atoms with Crippen molar-refractivity contribution >= 4 is 23.1 Å². The number of benzene rings is 2. The van der Waals surface area contributed by atoms with Gasteiger partial charge in [0.05, 0.1) is 14.2 Å². The van der Waals surface area contributed by atoms with E-state index in [0.717, 1.165) is 11.3 Å². The summed E-state index contributed by atoms with van der Waals surface area (Å²) in [5.41, 5.74) is 2.35. The summed E-state index contributed by atoms with van der Waals surface area (Å²) in [7, 11) is 3.09. The molecule has 0 aliphatic heterocycles. The largest absolute Gasteiger partial charge is 0.493 e. The van der Waals surface area contributed by atoms with E-state index in [1.807, 2.05) is 25.1 Å². The molecule has 0 heterocycles. The Labute approximate surface area is 140 Å². The number of anilines is 1. The predicted octanol–water partition coefficient (Wildman–Crippen LogP) is 4.47. The molecule has 0 bridgehead atoms. The van der Waals surface area contributed by atoms with Crippen LogP contribution in [0.1, 0.15) is 15.9 Å². The fourth-order valence-electron chi connectivity index (χ4n) is 2.03. The van der Waals surface area contributed by atoms with Crippen molar-refractivity contribution in [1.82, 2.24) is 0 Å². The van der Waals surface area contributed by atoms with Crippen molar-refractivity contribution in [2.75, 3.05) is 19.5 Å². The number of hydrogen-bond acceptors (Lipinski definition) is 4. The molecule has 0 radical (unpaired) electrons. The highest BCUT2D eigenvalue weighted by atomic mass is 35.5. The van der Waals surface area contributed by atoms with E-state index in [0.29, 0.717) is 22.1 Å². The van der Waals surface area contributed by atoms with Gasteiger partial charge in [-0.2, -0.15) is 0 Å². The van der Waals surface area contributed by atoms with Crippen LogP contribution in [-0.4, -0.2) is 20.0 Å². The predicted molar refractivity (Wildman–Crippen MR) is 92.8 cm³/mol. The van der Waals surface area contributed by atoms with Gasteiger partial charge >= 0.3 is 0 Å². The summed E-state index contributed by atoms with van der Waals surface area (Å²) >= 11 is 5.98. The lowest BCUT2D eigenvalue weighted by atomic mass is 10.1. The molecular formula is C18H18ClNO3. The highest BCUT2D eigenvalue weighted by Gasteiger charge is 2.08.